The lowest BCUT2D eigenvalue weighted by Gasteiger charge is -2.09. The van der Waals surface area contributed by atoms with Gasteiger partial charge in [0.25, 0.3) is 0 Å². The van der Waals surface area contributed by atoms with E-state index in [1.807, 2.05) is 0 Å². The number of aryl methyl sites for hydroxylation is 1. The molecule has 0 spiro atoms. The summed E-state index contributed by atoms with van der Waals surface area (Å²) in [5, 5.41) is 3.97. The second-order valence-electron chi connectivity index (χ2n) is 5.20. The first-order valence-corrected chi connectivity index (χ1v) is 10.1. The van der Waals surface area contributed by atoms with E-state index in [9.17, 15) is 16.8 Å². The largest absolute Gasteiger partial charge is 0.330 e. The van der Waals surface area contributed by atoms with Crippen molar-refractivity contribution < 1.29 is 16.8 Å². The Bertz CT molecular complexity index is 681. The highest BCUT2D eigenvalue weighted by molar-refractivity contribution is 7.91. The molecule has 3 N–H and O–H groups in total. The van der Waals surface area contributed by atoms with Crippen LogP contribution in [0.15, 0.2) is 17.3 Å². The van der Waals surface area contributed by atoms with Gasteiger partial charge in [-0.1, -0.05) is 0 Å². The highest BCUT2D eigenvalue weighted by Crippen LogP contribution is 2.18. The molecule has 0 aromatic carbocycles. The van der Waals surface area contributed by atoms with E-state index in [4.69, 9.17) is 5.73 Å². The Labute approximate surface area is 124 Å². The summed E-state index contributed by atoms with van der Waals surface area (Å²) in [7, 11) is -6.65. The van der Waals surface area contributed by atoms with Gasteiger partial charge in [0.05, 0.1) is 17.7 Å². The topological polar surface area (TPSA) is 124 Å². The Balaban J connectivity index is 1.94. The number of aromatic nitrogens is 2. The molecule has 21 heavy (non-hydrogen) atoms. The second-order valence-corrected chi connectivity index (χ2v) is 9.20. The SMILES string of the molecule is NCCCn1cc(S(=O)(=O)NCC2CCS(=O)(=O)C2)cn1. The van der Waals surface area contributed by atoms with Crippen molar-refractivity contribution in [2.45, 2.75) is 24.3 Å². The molecule has 1 aliphatic rings. The summed E-state index contributed by atoms with van der Waals surface area (Å²) >= 11 is 0. The molecule has 0 amide bonds. The molecule has 8 nitrogen and oxygen atoms in total. The van der Waals surface area contributed by atoms with Gasteiger partial charge in [0, 0.05) is 19.3 Å². The van der Waals surface area contributed by atoms with Crippen molar-refractivity contribution in [1.82, 2.24) is 14.5 Å². The van der Waals surface area contributed by atoms with Crippen LogP contribution >= 0.6 is 0 Å². The number of hydrogen-bond acceptors (Lipinski definition) is 6. The molecule has 2 rings (SSSR count). The van der Waals surface area contributed by atoms with Gasteiger partial charge in [-0.2, -0.15) is 5.10 Å². The van der Waals surface area contributed by atoms with Gasteiger partial charge in [0.15, 0.2) is 9.84 Å². The first kappa shape index (κ1) is 16.4. The van der Waals surface area contributed by atoms with Gasteiger partial charge in [-0.05, 0) is 25.3 Å². The second kappa shape index (κ2) is 6.42. The number of nitrogens with zero attached hydrogens (tertiary/aromatic N) is 2. The maximum Gasteiger partial charge on any atom is 0.243 e. The molecule has 0 saturated carbocycles. The Kier molecular flexibility index (Phi) is 5.02. The lowest BCUT2D eigenvalue weighted by Crippen LogP contribution is -2.29. The number of hydrogen-bond donors (Lipinski definition) is 2. The van der Waals surface area contributed by atoms with Gasteiger partial charge in [-0.15, -0.1) is 0 Å². The van der Waals surface area contributed by atoms with E-state index in [-0.39, 0.29) is 28.9 Å². The van der Waals surface area contributed by atoms with Gasteiger partial charge in [-0.25, -0.2) is 21.6 Å². The molecule has 0 aliphatic carbocycles. The Morgan fingerprint density at radius 2 is 2.24 bits per heavy atom. The minimum Gasteiger partial charge on any atom is -0.330 e. The fraction of sp³-hybridized carbons (Fsp3) is 0.727. The molecular weight excluding hydrogens is 316 g/mol. The Morgan fingerprint density at radius 3 is 2.86 bits per heavy atom. The Morgan fingerprint density at radius 1 is 1.48 bits per heavy atom. The summed E-state index contributed by atoms with van der Waals surface area (Å²) in [4.78, 5) is 0.0837. The summed E-state index contributed by atoms with van der Waals surface area (Å²) in [6.07, 6.45) is 3.95. The summed E-state index contributed by atoms with van der Waals surface area (Å²) in [6, 6.07) is 0. The van der Waals surface area contributed by atoms with Crippen LogP contribution in [0.1, 0.15) is 12.8 Å². The molecule has 1 fully saturated rings. The maximum absolute atomic E-state index is 12.1. The van der Waals surface area contributed by atoms with E-state index in [0.29, 0.717) is 25.9 Å². The van der Waals surface area contributed by atoms with Crippen molar-refractivity contribution >= 4 is 19.9 Å². The predicted molar refractivity (Wildman–Crippen MR) is 77.8 cm³/mol. The van der Waals surface area contributed by atoms with Crippen molar-refractivity contribution in [3.05, 3.63) is 12.4 Å². The molecule has 10 heteroatoms. The van der Waals surface area contributed by atoms with Gasteiger partial charge in [0.1, 0.15) is 4.90 Å². The molecule has 1 saturated heterocycles. The third kappa shape index (κ3) is 4.50. The van der Waals surface area contributed by atoms with Gasteiger partial charge >= 0.3 is 0 Å². The zero-order chi connectivity index (χ0) is 15.5. The van der Waals surface area contributed by atoms with E-state index >= 15 is 0 Å². The monoisotopic (exact) mass is 336 g/mol. The fourth-order valence-corrected chi connectivity index (χ4v) is 5.13. The zero-order valence-corrected chi connectivity index (χ0v) is 13.2. The van der Waals surface area contributed by atoms with Crippen LogP contribution in [0.4, 0.5) is 0 Å². The lowest BCUT2D eigenvalue weighted by molar-refractivity contribution is 0.542. The number of sulfone groups is 1. The zero-order valence-electron chi connectivity index (χ0n) is 11.6. The highest BCUT2D eigenvalue weighted by Gasteiger charge is 2.29. The van der Waals surface area contributed by atoms with Crippen molar-refractivity contribution in [3.63, 3.8) is 0 Å². The standard InChI is InChI=1S/C11H20N4O4S2/c12-3-1-4-15-8-11(7-13-15)21(18,19)14-6-10-2-5-20(16,17)9-10/h7-8,10,14H,1-6,9,12H2. The van der Waals surface area contributed by atoms with Crippen LogP contribution in [0, 0.1) is 5.92 Å². The summed E-state index contributed by atoms with van der Waals surface area (Å²) in [5.74, 6) is 0.0267. The molecule has 0 bridgehead atoms. The van der Waals surface area contributed by atoms with Crippen molar-refractivity contribution in [2.24, 2.45) is 11.7 Å². The number of rotatable bonds is 7. The van der Waals surface area contributed by atoms with E-state index in [2.05, 4.69) is 9.82 Å². The molecule has 1 aliphatic heterocycles. The first-order valence-electron chi connectivity index (χ1n) is 6.75. The van der Waals surface area contributed by atoms with E-state index in [1.165, 1.54) is 17.1 Å². The van der Waals surface area contributed by atoms with Crippen LogP contribution in [0.3, 0.4) is 0 Å². The van der Waals surface area contributed by atoms with Crippen molar-refractivity contribution in [2.75, 3.05) is 24.6 Å². The minimum absolute atomic E-state index is 0.0469. The smallest absolute Gasteiger partial charge is 0.243 e. The van der Waals surface area contributed by atoms with Crippen LogP contribution in [0.5, 0.6) is 0 Å². The van der Waals surface area contributed by atoms with Gasteiger partial charge in [-0.3, -0.25) is 4.68 Å². The highest BCUT2D eigenvalue weighted by atomic mass is 32.2. The van der Waals surface area contributed by atoms with E-state index < -0.39 is 19.9 Å². The number of sulfonamides is 1. The average molecular weight is 336 g/mol. The number of nitrogens with one attached hydrogen (secondary N) is 1. The normalized spacial score (nSPS) is 21.7. The minimum atomic E-state index is -3.65. The Hall–Kier alpha value is -0.970. The maximum atomic E-state index is 12.1. The van der Waals surface area contributed by atoms with Gasteiger partial charge < -0.3 is 5.73 Å². The molecule has 1 aromatic rings. The fourth-order valence-electron chi connectivity index (χ4n) is 2.20. The van der Waals surface area contributed by atoms with Crippen LogP contribution in [0.25, 0.3) is 0 Å². The number of nitrogens with two attached hydrogens (primary N) is 1. The quantitative estimate of drug-likeness (QED) is 0.654. The molecule has 0 radical (unpaired) electrons. The van der Waals surface area contributed by atoms with Crippen molar-refractivity contribution in [3.8, 4) is 0 Å². The molecule has 1 unspecified atom stereocenters. The molecular formula is C11H20N4O4S2. The molecule has 1 atom stereocenters. The van der Waals surface area contributed by atoms with E-state index in [1.54, 1.807) is 0 Å². The van der Waals surface area contributed by atoms with E-state index in [0.717, 1.165) is 0 Å². The first-order chi connectivity index (χ1) is 9.82. The van der Waals surface area contributed by atoms with Gasteiger partial charge in [0.2, 0.25) is 10.0 Å². The summed E-state index contributed by atoms with van der Waals surface area (Å²) < 4.78 is 50.9. The average Bonchev–Trinajstić information content (AvgIpc) is 3.01. The van der Waals surface area contributed by atoms with Crippen molar-refractivity contribution in [1.29, 1.82) is 0 Å². The lowest BCUT2D eigenvalue weighted by atomic mass is 10.1. The third-order valence-electron chi connectivity index (χ3n) is 3.40. The van der Waals surface area contributed by atoms with Crippen LogP contribution < -0.4 is 10.5 Å². The summed E-state index contributed by atoms with van der Waals surface area (Å²) in [6.45, 7) is 1.21. The molecule has 2 heterocycles. The third-order valence-corrected chi connectivity index (χ3v) is 6.62. The predicted octanol–water partition coefficient (Wildman–Crippen LogP) is -1.06. The molecule has 1 aromatic heterocycles. The molecule has 120 valence electrons. The van der Waals surface area contributed by atoms with Crippen LogP contribution in [-0.4, -0.2) is 51.2 Å². The van der Waals surface area contributed by atoms with Crippen LogP contribution in [0.2, 0.25) is 0 Å². The summed E-state index contributed by atoms with van der Waals surface area (Å²) in [5.41, 5.74) is 5.39. The van der Waals surface area contributed by atoms with Crippen LogP contribution in [-0.2, 0) is 26.4 Å².